The van der Waals surface area contributed by atoms with E-state index in [2.05, 4.69) is 39.4 Å². The van der Waals surface area contributed by atoms with Crippen molar-refractivity contribution in [1.29, 1.82) is 0 Å². The number of benzene rings is 2. The first kappa shape index (κ1) is 37.3. The second kappa shape index (κ2) is 14.4. The predicted octanol–water partition coefficient (Wildman–Crippen LogP) is 4.94. The van der Waals surface area contributed by atoms with Crippen molar-refractivity contribution in [3.63, 3.8) is 0 Å². The van der Waals surface area contributed by atoms with Crippen molar-refractivity contribution in [3.8, 4) is 22.6 Å². The Kier molecular flexibility index (Phi) is 9.78. The van der Waals surface area contributed by atoms with Gasteiger partial charge in [-0.05, 0) is 137 Å². The van der Waals surface area contributed by atoms with Crippen molar-refractivity contribution in [1.82, 2.24) is 28.8 Å². The van der Waals surface area contributed by atoms with Crippen LogP contribution in [0.5, 0.6) is 11.5 Å². The van der Waals surface area contributed by atoms with Gasteiger partial charge in [0.25, 0.3) is 5.56 Å². The van der Waals surface area contributed by atoms with Crippen LogP contribution in [0, 0.1) is 19.3 Å². The number of nitrogens with one attached hydrogen (secondary N) is 1. The fraction of sp³-hybridized carbons (Fsp3) is 0.535. The molecular weight excluding hydrogens is 697 g/mol. The number of carbonyl (C=O) groups excluding carboxylic acids is 2. The van der Waals surface area contributed by atoms with Crippen LogP contribution in [0.3, 0.4) is 0 Å². The standard InChI is InChI=1S/C43H54N6O6/c1-26-27(2)41(52)45(3)24-32(26)30-20-37(54-5)33(38(21-30)55-6)25-47-17-13-43(14-18-47)22-31(23-43)48-15-11-28(12-16-48)29-7-8-34-36(19-29)46(4)42(53)49(34)35-9-10-39(50)44-40(35)51/h7-8,19-21,24,28,31,35H,9-18,22-23,25H2,1-6H3,(H,44,50,51). The predicted molar refractivity (Wildman–Crippen MR) is 212 cm³/mol. The van der Waals surface area contributed by atoms with E-state index in [1.807, 2.05) is 26.1 Å². The molecule has 1 spiro atoms. The number of nitrogens with zero attached hydrogens (tertiary/aromatic N) is 5. The Morgan fingerprint density at radius 1 is 0.836 bits per heavy atom. The highest BCUT2D eigenvalue weighted by Gasteiger charge is 2.48. The highest BCUT2D eigenvalue weighted by atomic mass is 16.5. The van der Waals surface area contributed by atoms with E-state index in [4.69, 9.17) is 9.47 Å². The first-order chi connectivity index (χ1) is 26.4. The first-order valence-electron chi connectivity index (χ1n) is 19.8. The molecule has 3 aliphatic heterocycles. The van der Waals surface area contributed by atoms with Gasteiger partial charge in [0.1, 0.15) is 17.5 Å². The lowest BCUT2D eigenvalue weighted by Gasteiger charge is -2.56. The van der Waals surface area contributed by atoms with Crippen LogP contribution in [-0.2, 0) is 30.2 Å². The molecule has 4 aliphatic rings. The third-order valence-electron chi connectivity index (χ3n) is 13.6. The summed E-state index contributed by atoms with van der Waals surface area (Å²) in [6.45, 7) is 8.92. The summed E-state index contributed by atoms with van der Waals surface area (Å²) >= 11 is 0. The fourth-order valence-corrected chi connectivity index (χ4v) is 10.0. The van der Waals surface area contributed by atoms with Gasteiger partial charge in [-0.1, -0.05) is 6.07 Å². The van der Waals surface area contributed by atoms with Gasteiger partial charge in [0.05, 0.1) is 30.8 Å². The van der Waals surface area contributed by atoms with E-state index in [0.717, 1.165) is 95.9 Å². The molecule has 12 heteroatoms. The summed E-state index contributed by atoms with van der Waals surface area (Å²) in [4.78, 5) is 55.4. The van der Waals surface area contributed by atoms with Crippen molar-refractivity contribution in [2.75, 3.05) is 40.4 Å². The van der Waals surface area contributed by atoms with E-state index in [0.29, 0.717) is 23.8 Å². The molecule has 2 amide bonds. The lowest BCUT2D eigenvalue weighted by atomic mass is 9.59. The number of hydrogen-bond acceptors (Lipinski definition) is 8. The number of aromatic nitrogens is 3. The molecule has 292 valence electrons. The Morgan fingerprint density at radius 2 is 1.51 bits per heavy atom. The minimum atomic E-state index is -0.667. The maximum Gasteiger partial charge on any atom is 0.329 e. The van der Waals surface area contributed by atoms with E-state index in [1.165, 1.54) is 31.2 Å². The second-order valence-electron chi connectivity index (χ2n) is 16.6. The van der Waals surface area contributed by atoms with Crippen LogP contribution >= 0.6 is 0 Å². The highest BCUT2D eigenvalue weighted by molar-refractivity contribution is 6.00. The Bertz CT molecular complexity index is 2250. The van der Waals surface area contributed by atoms with Gasteiger partial charge in [0, 0.05) is 50.4 Å². The number of ether oxygens (including phenoxy) is 2. The summed E-state index contributed by atoms with van der Waals surface area (Å²) < 4.78 is 16.7. The monoisotopic (exact) mass is 750 g/mol. The molecule has 55 heavy (non-hydrogen) atoms. The van der Waals surface area contributed by atoms with E-state index in [9.17, 15) is 19.2 Å². The summed E-state index contributed by atoms with van der Waals surface area (Å²) in [5.74, 6) is 1.36. The number of imide groups is 1. The van der Waals surface area contributed by atoms with Crippen molar-refractivity contribution in [3.05, 3.63) is 79.6 Å². The van der Waals surface area contributed by atoms with Gasteiger partial charge >= 0.3 is 5.69 Å². The molecule has 1 N–H and O–H groups in total. The number of pyridine rings is 1. The third kappa shape index (κ3) is 6.60. The quantitative estimate of drug-likeness (QED) is 0.252. The van der Waals surface area contributed by atoms with Crippen LogP contribution in [0.15, 0.2) is 46.1 Å². The second-order valence-corrected chi connectivity index (χ2v) is 16.6. The third-order valence-corrected chi connectivity index (χ3v) is 13.6. The van der Waals surface area contributed by atoms with Gasteiger partial charge < -0.3 is 18.9 Å². The smallest absolute Gasteiger partial charge is 0.329 e. The maximum atomic E-state index is 13.3. The lowest BCUT2D eigenvalue weighted by Crippen LogP contribution is -2.56. The Morgan fingerprint density at radius 3 is 2.15 bits per heavy atom. The van der Waals surface area contributed by atoms with Crippen molar-refractivity contribution in [2.45, 2.75) is 89.8 Å². The molecule has 12 nitrogen and oxygen atoms in total. The van der Waals surface area contributed by atoms with Crippen LogP contribution in [0.4, 0.5) is 0 Å². The number of carbonyl (C=O) groups is 2. The highest BCUT2D eigenvalue weighted by Crippen LogP contribution is 2.52. The van der Waals surface area contributed by atoms with Gasteiger partial charge in [-0.15, -0.1) is 0 Å². The number of amides is 2. The molecule has 1 saturated carbocycles. The number of rotatable bonds is 8. The first-order valence-corrected chi connectivity index (χ1v) is 19.8. The molecule has 1 unspecified atom stereocenters. The van der Waals surface area contributed by atoms with Crippen LogP contribution in [0.2, 0.25) is 0 Å². The number of likely N-dealkylation sites (tertiary alicyclic amines) is 2. The number of fused-ring (bicyclic) bond motifs is 1. The van der Waals surface area contributed by atoms with Crippen molar-refractivity contribution >= 4 is 22.8 Å². The van der Waals surface area contributed by atoms with Gasteiger partial charge in [0.15, 0.2) is 0 Å². The summed E-state index contributed by atoms with van der Waals surface area (Å²) in [5.41, 5.74) is 7.81. The van der Waals surface area contributed by atoms with Gasteiger partial charge in [-0.2, -0.15) is 0 Å². The molecule has 4 aromatic rings. The Hall–Kier alpha value is -4.68. The van der Waals surface area contributed by atoms with Crippen molar-refractivity contribution < 1.29 is 19.1 Å². The molecule has 1 aliphatic carbocycles. The molecule has 2 aromatic heterocycles. The lowest BCUT2D eigenvalue weighted by molar-refractivity contribution is -0.135. The molecule has 1 atom stereocenters. The fourth-order valence-electron chi connectivity index (χ4n) is 10.0. The minimum absolute atomic E-state index is 0.0189. The molecule has 0 bridgehead atoms. The molecule has 2 aromatic carbocycles. The van der Waals surface area contributed by atoms with Crippen molar-refractivity contribution in [2.24, 2.45) is 19.5 Å². The van der Waals surface area contributed by atoms with Crippen LogP contribution in [0.25, 0.3) is 22.2 Å². The van der Waals surface area contributed by atoms with Gasteiger partial charge in [-0.25, -0.2) is 4.79 Å². The summed E-state index contributed by atoms with van der Waals surface area (Å²) in [6.07, 6.45) is 9.61. The zero-order valence-electron chi connectivity index (χ0n) is 33.1. The summed E-state index contributed by atoms with van der Waals surface area (Å²) in [5, 5.41) is 2.39. The average molecular weight is 751 g/mol. The topological polar surface area (TPSA) is 120 Å². The zero-order valence-corrected chi connectivity index (χ0v) is 33.1. The molecule has 0 radical (unpaired) electrons. The summed E-state index contributed by atoms with van der Waals surface area (Å²) in [6, 6.07) is 10.4. The molecule has 8 rings (SSSR count). The number of methoxy groups -OCH3 is 2. The van der Waals surface area contributed by atoms with E-state index in [-0.39, 0.29) is 23.6 Å². The van der Waals surface area contributed by atoms with E-state index < -0.39 is 11.9 Å². The zero-order chi connectivity index (χ0) is 38.8. The van der Waals surface area contributed by atoms with Crippen LogP contribution in [0.1, 0.15) is 85.6 Å². The largest absolute Gasteiger partial charge is 0.496 e. The van der Waals surface area contributed by atoms with Gasteiger partial charge in [0.2, 0.25) is 11.8 Å². The number of hydrogen-bond donors (Lipinski definition) is 1. The summed E-state index contributed by atoms with van der Waals surface area (Å²) in [7, 11) is 6.99. The molecule has 4 fully saturated rings. The maximum absolute atomic E-state index is 13.3. The molecular formula is C43H54N6O6. The Labute approximate surface area is 322 Å². The van der Waals surface area contributed by atoms with Gasteiger partial charge in [-0.3, -0.25) is 33.7 Å². The van der Waals surface area contributed by atoms with Crippen LogP contribution in [-0.4, -0.2) is 81.8 Å². The minimum Gasteiger partial charge on any atom is -0.496 e. The van der Waals surface area contributed by atoms with E-state index >= 15 is 0 Å². The number of piperidine rings is 3. The molecule has 3 saturated heterocycles. The number of aryl methyl sites for hydroxylation is 2. The normalized spacial score (nSPS) is 21.2. The molecule has 5 heterocycles. The number of imidazole rings is 1. The SMILES string of the molecule is COc1cc(-c2cn(C)c(=O)c(C)c2C)cc(OC)c1CN1CCC2(CC1)CC(N1CCC(c3ccc4c(c3)n(C)c(=O)n4C3CCC(=O)NC3=O)CC1)C2. The Balaban J connectivity index is 0.865. The van der Waals surface area contributed by atoms with Crippen LogP contribution < -0.4 is 26.0 Å². The van der Waals surface area contributed by atoms with E-state index in [1.54, 1.807) is 42.0 Å². The average Bonchev–Trinajstić information content (AvgIpc) is 3.42.